The topological polar surface area (TPSA) is 16.1 Å². The van der Waals surface area contributed by atoms with Crippen LogP contribution in [0.2, 0.25) is 0 Å². The number of nitrogens with zero attached hydrogens (tertiary/aromatic N) is 2. The highest BCUT2D eigenvalue weighted by Gasteiger charge is 2.13. The van der Waals surface area contributed by atoms with Crippen LogP contribution in [0.25, 0.3) is 0 Å². The van der Waals surface area contributed by atoms with Crippen LogP contribution in [0, 0.1) is 0 Å². The first-order chi connectivity index (χ1) is 6.75. The van der Waals surface area contributed by atoms with Gasteiger partial charge in [-0.25, -0.2) is 4.98 Å². The van der Waals surface area contributed by atoms with E-state index in [1.807, 2.05) is 12.1 Å². The summed E-state index contributed by atoms with van der Waals surface area (Å²) in [5, 5.41) is 0. The lowest BCUT2D eigenvalue weighted by molar-refractivity contribution is 0.679. The number of rotatable bonds is 1. The molecule has 1 aromatic heterocycles. The van der Waals surface area contributed by atoms with Gasteiger partial charge in [0.1, 0.15) is 10.4 Å². The van der Waals surface area contributed by atoms with Crippen LogP contribution in [0.15, 0.2) is 35.0 Å². The second-order valence-corrected chi connectivity index (χ2v) is 4.37. The highest BCUT2D eigenvalue weighted by Crippen LogP contribution is 2.21. The zero-order valence-corrected chi connectivity index (χ0v) is 9.63. The molecule has 0 saturated carbocycles. The van der Waals surface area contributed by atoms with E-state index in [2.05, 4.69) is 38.5 Å². The molecule has 0 atom stereocenters. The van der Waals surface area contributed by atoms with Gasteiger partial charge in [-0.3, -0.25) is 0 Å². The first-order valence-corrected chi connectivity index (χ1v) is 5.59. The van der Waals surface area contributed by atoms with Gasteiger partial charge in [0.05, 0.1) is 0 Å². The van der Waals surface area contributed by atoms with Crippen LogP contribution >= 0.6 is 15.9 Å². The van der Waals surface area contributed by atoms with Crippen molar-refractivity contribution in [2.75, 3.05) is 18.0 Å². The van der Waals surface area contributed by atoms with Gasteiger partial charge in [-0.1, -0.05) is 18.2 Å². The molecule has 0 amide bonds. The van der Waals surface area contributed by atoms with Gasteiger partial charge in [0.25, 0.3) is 0 Å². The van der Waals surface area contributed by atoms with E-state index in [1.54, 1.807) is 0 Å². The van der Waals surface area contributed by atoms with Gasteiger partial charge in [0, 0.05) is 13.1 Å². The summed E-state index contributed by atoms with van der Waals surface area (Å²) in [6.45, 7) is 6.09. The van der Waals surface area contributed by atoms with Gasteiger partial charge in [-0.2, -0.15) is 0 Å². The molecule has 1 aromatic rings. The molecule has 2 heterocycles. The maximum absolute atomic E-state index is 4.43. The van der Waals surface area contributed by atoms with Crippen molar-refractivity contribution >= 4 is 21.7 Å². The van der Waals surface area contributed by atoms with Crippen LogP contribution in [0.5, 0.6) is 0 Å². The van der Waals surface area contributed by atoms with Crippen molar-refractivity contribution < 1.29 is 0 Å². The summed E-state index contributed by atoms with van der Waals surface area (Å²) >= 11 is 3.39. The van der Waals surface area contributed by atoms with Gasteiger partial charge in [-0.15, -0.1) is 0 Å². The first-order valence-electron chi connectivity index (χ1n) is 4.80. The fraction of sp³-hybridized carbons (Fsp3) is 0.364. The zero-order valence-electron chi connectivity index (χ0n) is 8.04. The largest absolute Gasteiger partial charge is 0.356 e. The van der Waals surface area contributed by atoms with Crippen LogP contribution in [0.4, 0.5) is 5.82 Å². The lowest BCUT2D eigenvalue weighted by atomic mass is 10.1. The van der Waals surface area contributed by atoms with Gasteiger partial charge in [0.15, 0.2) is 0 Å². The van der Waals surface area contributed by atoms with Gasteiger partial charge in [-0.05, 0) is 40.9 Å². The third kappa shape index (κ3) is 2.15. The minimum atomic E-state index is 0.902. The Hall–Kier alpha value is -0.830. The van der Waals surface area contributed by atoms with Gasteiger partial charge >= 0.3 is 0 Å². The SMILES string of the molecule is C=C1CCN(c2cccc(Br)n2)CC1. The molecule has 1 aliphatic rings. The molecular weight excluding hydrogens is 240 g/mol. The number of halogens is 1. The van der Waals surface area contributed by atoms with Crippen LogP contribution in [-0.2, 0) is 0 Å². The van der Waals surface area contributed by atoms with Crippen molar-refractivity contribution in [3.8, 4) is 0 Å². The van der Waals surface area contributed by atoms with Crippen molar-refractivity contribution in [1.82, 2.24) is 4.98 Å². The second-order valence-electron chi connectivity index (χ2n) is 3.56. The quantitative estimate of drug-likeness (QED) is 0.565. The van der Waals surface area contributed by atoms with E-state index in [-0.39, 0.29) is 0 Å². The van der Waals surface area contributed by atoms with Crippen molar-refractivity contribution in [3.05, 3.63) is 35.0 Å². The smallest absolute Gasteiger partial charge is 0.129 e. The third-order valence-electron chi connectivity index (χ3n) is 2.49. The highest BCUT2D eigenvalue weighted by atomic mass is 79.9. The predicted molar refractivity (Wildman–Crippen MR) is 62.5 cm³/mol. The molecule has 1 aliphatic heterocycles. The predicted octanol–water partition coefficient (Wildman–Crippen LogP) is 3.00. The lowest BCUT2D eigenvalue weighted by Crippen LogP contribution is -2.30. The molecule has 0 spiro atoms. The van der Waals surface area contributed by atoms with Crippen molar-refractivity contribution in [1.29, 1.82) is 0 Å². The molecule has 0 aliphatic carbocycles. The minimum absolute atomic E-state index is 0.902. The fourth-order valence-electron chi connectivity index (χ4n) is 1.63. The van der Waals surface area contributed by atoms with E-state index in [9.17, 15) is 0 Å². The molecule has 2 nitrogen and oxygen atoms in total. The molecule has 1 saturated heterocycles. The Balaban J connectivity index is 2.12. The maximum Gasteiger partial charge on any atom is 0.129 e. The summed E-state index contributed by atoms with van der Waals surface area (Å²) in [6.07, 6.45) is 2.18. The molecule has 0 N–H and O–H groups in total. The zero-order chi connectivity index (χ0) is 9.97. The number of hydrogen-bond donors (Lipinski definition) is 0. The van der Waals surface area contributed by atoms with E-state index >= 15 is 0 Å². The average Bonchev–Trinajstić information content (AvgIpc) is 2.19. The van der Waals surface area contributed by atoms with Crippen LogP contribution in [0.1, 0.15) is 12.8 Å². The third-order valence-corrected chi connectivity index (χ3v) is 2.94. The van der Waals surface area contributed by atoms with E-state index in [0.29, 0.717) is 0 Å². The van der Waals surface area contributed by atoms with Gasteiger partial charge < -0.3 is 4.90 Å². The Kier molecular flexibility index (Phi) is 2.87. The number of anilines is 1. The molecule has 3 heteroatoms. The Morgan fingerprint density at radius 2 is 2.00 bits per heavy atom. The molecule has 0 bridgehead atoms. The molecule has 0 radical (unpaired) electrons. The summed E-state index contributed by atoms with van der Waals surface area (Å²) in [5.74, 6) is 1.06. The summed E-state index contributed by atoms with van der Waals surface area (Å²) in [4.78, 5) is 6.74. The molecular formula is C11H13BrN2. The van der Waals surface area contributed by atoms with Crippen LogP contribution < -0.4 is 4.90 Å². The summed E-state index contributed by atoms with van der Waals surface area (Å²) in [7, 11) is 0. The van der Waals surface area contributed by atoms with E-state index in [0.717, 1.165) is 36.4 Å². The van der Waals surface area contributed by atoms with Crippen LogP contribution in [0.3, 0.4) is 0 Å². The van der Waals surface area contributed by atoms with E-state index in [1.165, 1.54) is 5.57 Å². The number of aromatic nitrogens is 1. The van der Waals surface area contributed by atoms with Crippen molar-refractivity contribution in [2.24, 2.45) is 0 Å². The van der Waals surface area contributed by atoms with E-state index < -0.39 is 0 Å². The maximum atomic E-state index is 4.43. The standard InChI is InChI=1S/C11H13BrN2/c1-9-5-7-14(8-6-9)11-4-2-3-10(12)13-11/h2-4H,1,5-8H2. The normalized spacial score (nSPS) is 17.2. The second kappa shape index (κ2) is 4.13. The Labute approximate surface area is 92.8 Å². The van der Waals surface area contributed by atoms with Crippen molar-refractivity contribution in [3.63, 3.8) is 0 Å². The minimum Gasteiger partial charge on any atom is -0.356 e. The van der Waals surface area contributed by atoms with Gasteiger partial charge in [0.2, 0.25) is 0 Å². The Morgan fingerprint density at radius 3 is 2.64 bits per heavy atom. The number of piperidine rings is 1. The molecule has 2 rings (SSSR count). The highest BCUT2D eigenvalue weighted by molar-refractivity contribution is 9.10. The number of pyridine rings is 1. The summed E-state index contributed by atoms with van der Waals surface area (Å²) in [5.41, 5.74) is 1.36. The Morgan fingerprint density at radius 1 is 1.29 bits per heavy atom. The fourth-order valence-corrected chi connectivity index (χ4v) is 1.96. The first kappa shape index (κ1) is 9.71. The average molecular weight is 253 g/mol. The van der Waals surface area contributed by atoms with Crippen LogP contribution in [-0.4, -0.2) is 18.1 Å². The van der Waals surface area contributed by atoms with Crippen molar-refractivity contribution in [2.45, 2.75) is 12.8 Å². The molecule has 0 aromatic carbocycles. The van der Waals surface area contributed by atoms with E-state index in [4.69, 9.17) is 0 Å². The number of hydrogen-bond acceptors (Lipinski definition) is 2. The molecule has 14 heavy (non-hydrogen) atoms. The molecule has 74 valence electrons. The monoisotopic (exact) mass is 252 g/mol. The summed E-state index contributed by atoms with van der Waals surface area (Å²) < 4.78 is 0.902. The lowest BCUT2D eigenvalue weighted by Gasteiger charge is -2.28. The molecule has 1 fully saturated rings. The summed E-state index contributed by atoms with van der Waals surface area (Å²) in [6, 6.07) is 6.03. The molecule has 0 unspecified atom stereocenters. The Bertz CT molecular complexity index is 339.